The molecule has 0 saturated carbocycles. The fourth-order valence-electron chi connectivity index (χ4n) is 4.49. The molecule has 1 amide bonds. The van der Waals surface area contributed by atoms with Gasteiger partial charge >= 0.3 is 5.97 Å². The van der Waals surface area contributed by atoms with E-state index in [1.807, 2.05) is 55.5 Å². The number of nitrogens with zero attached hydrogens (tertiary/aromatic N) is 3. The van der Waals surface area contributed by atoms with Crippen molar-refractivity contribution < 1.29 is 19.1 Å². The lowest BCUT2D eigenvalue weighted by atomic mass is 10.0. The molecule has 0 atom stereocenters. The smallest absolute Gasteiger partial charge is 0.341 e. The number of esters is 1. The van der Waals surface area contributed by atoms with Gasteiger partial charge in [-0.2, -0.15) is 5.10 Å². The lowest BCUT2D eigenvalue weighted by Crippen LogP contribution is -2.28. The fourth-order valence-corrected chi connectivity index (χ4v) is 4.49. The van der Waals surface area contributed by atoms with E-state index < -0.39 is 5.97 Å². The Hall–Kier alpha value is -4.33. The molecule has 0 saturated heterocycles. The summed E-state index contributed by atoms with van der Waals surface area (Å²) < 4.78 is 12.3. The van der Waals surface area contributed by atoms with Crippen LogP contribution in [0.1, 0.15) is 34.2 Å². The van der Waals surface area contributed by atoms with Gasteiger partial charge in [0, 0.05) is 23.6 Å². The Morgan fingerprint density at radius 1 is 1.11 bits per heavy atom. The minimum absolute atomic E-state index is 0.224. The molecule has 8 heteroatoms. The molecule has 0 spiro atoms. The third kappa shape index (κ3) is 3.97. The van der Waals surface area contributed by atoms with Crippen LogP contribution in [-0.4, -0.2) is 51.8 Å². The first-order valence-electron chi connectivity index (χ1n) is 11.5. The van der Waals surface area contributed by atoms with Crippen LogP contribution in [0, 0.1) is 6.92 Å². The number of aromatic nitrogens is 3. The van der Waals surface area contributed by atoms with Gasteiger partial charge in [0.25, 0.3) is 5.91 Å². The number of carbonyl (C=O) groups is 2. The van der Waals surface area contributed by atoms with Crippen LogP contribution in [0.25, 0.3) is 22.2 Å². The zero-order valence-electron chi connectivity index (χ0n) is 19.9. The largest absolute Gasteiger partial charge is 0.497 e. The van der Waals surface area contributed by atoms with E-state index in [0.717, 1.165) is 27.9 Å². The Balaban J connectivity index is 1.52. The van der Waals surface area contributed by atoms with Crippen LogP contribution in [0.3, 0.4) is 0 Å². The highest BCUT2D eigenvalue weighted by Gasteiger charge is 2.29. The second kappa shape index (κ2) is 9.13. The van der Waals surface area contributed by atoms with Crippen molar-refractivity contribution in [3.63, 3.8) is 0 Å². The molecule has 5 rings (SSSR count). The number of hydrogen-bond acceptors (Lipinski definition) is 5. The number of rotatable bonds is 5. The standard InChI is InChI=1S/C27H26N4O4/c1-4-35-27(33)23-16-30(14-13-21-20-7-5-6-8-24(20)29-25(21)23)26(32)22-15-28-31(17(22)2)18-9-11-19(34-3)12-10-18/h5-12,15-16,29H,4,13-14H2,1-3H3. The molecule has 1 aliphatic heterocycles. The van der Waals surface area contributed by atoms with Crippen LogP contribution in [0.4, 0.5) is 0 Å². The summed E-state index contributed by atoms with van der Waals surface area (Å²) in [5, 5.41) is 5.48. The normalized spacial score (nSPS) is 13.2. The highest BCUT2D eigenvalue weighted by atomic mass is 16.5. The number of carbonyl (C=O) groups excluding carboxylic acids is 2. The summed E-state index contributed by atoms with van der Waals surface area (Å²) >= 11 is 0. The topological polar surface area (TPSA) is 89.5 Å². The van der Waals surface area contributed by atoms with Crippen molar-refractivity contribution in [3.05, 3.63) is 83.4 Å². The molecule has 0 bridgehead atoms. The maximum atomic E-state index is 13.6. The summed E-state index contributed by atoms with van der Waals surface area (Å²) in [7, 11) is 1.61. The van der Waals surface area contributed by atoms with E-state index in [1.165, 1.54) is 0 Å². The molecule has 178 valence electrons. The molecule has 1 aliphatic rings. The van der Waals surface area contributed by atoms with Gasteiger partial charge in [0.2, 0.25) is 0 Å². The second-order valence-corrected chi connectivity index (χ2v) is 8.29. The number of nitrogens with one attached hydrogen (secondary N) is 1. The number of methoxy groups -OCH3 is 1. The van der Waals surface area contributed by atoms with Crippen molar-refractivity contribution in [2.45, 2.75) is 20.3 Å². The number of ether oxygens (including phenoxy) is 2. The molecule has 1 N–H and O–H groups in total. The van der Waals surface area contributed by atoms with Crippen molar-refractivity contribution in [1.29, 1.82) is 0 Å². The van der Waals surface area contributed by atoms with Crippen molar-refractivity contribution in [2.24, 2.45) is 0 Å². The monoisotopic (exact) mass is 470 g/mol. The molecule has 0 unspecified atom stereocenters. The molecular formula is C27H26N4O4. The first-order chi connectivity index (χ1) is 17.0. The molecule has 0 radical (unpaired) electrons. The van der Waals surface area contributed by atoms with Gasteiger partial charge in [-0.3, -0.25) is 4.79 Å². The van der Waals surface area contributed by atoms with Gasteiger partial charge < -0.3 is 19.4 Å². The predicted molar refractivity (Wildman–Crippen MR) is 133 cm³/mol. The summed E-state index contributed by atoms with van der Waals surface area (Å²) in [6, 6.07) is 15.4. The van der Waals surface area contributed by atoms with Crippen molar-refractivity contribution in [3.8, 4) is 11.4 Å². The first-order valence-corrected chi connectivity index (χ1v) is 11.5. The Morgan fingerprint density at radius 2 is 1.89 bits per heavy atom. The van der Waals surface area contributed by atoms with E-state index in [0.29, 0.717) is 35.5 Å². The lowest BCUT2D eigenvalue weighted by molar-refractivity contribution is -0.136. The number of fused-ring (bicyclic) bond motifs is 3. The molecular weight excluding hydrogens is 444 g/mol. The zero-order valence-corrected chi connectivity index (χ0v) is 19.9. The molecule has 2 aromatic carbocycles. The number of H-pyrrole nitrogens is 1. The Bertz CT molecular complexity index is 1450. The van der Waals surface area contributed by atoms with E-state index in [4.69, 9.17) is 9.47 Å². The van der Waals surface area contributed by atoms with Crippen molar-refractivity contribution in [2.75, 3.05) is 20.3 Å². The van der Waals surface area contributed by atoms with E-state index >= 15 is 0 Å². The number of para-hydroxylation sites is 1. The molecule has 0 fully saturated rings. The molecule has 8 nitrogen and oxygen atoms in total. The van der Waals surface area contributed by atoms with Crippen LogP contribution in [0.15, 0.2) is 60.9 Å². The fraction of sp³-hybridized carbons (Fsp3) is 0.222. The third-order valence-electron chi connectivity index (χ3n) is 6.28. The molecule has 35 heavy (non-hydrogen) atoms. The van der Waals surface area contributed by atoms with Gasteiger partial charge in [0.05, 0.1) is 48.1 Å². The van der Waals surface area contributed by atoms with Crippen LogP contribution < -0.4 is 4.74 Å². The average molecular weight is 471 g/mol. The highest BCUT2D eigenvalue weighted by molar-refractivity contribution is 6.18. The second-order valence-electron chi connectivity index (χ2n) is 8.29. The zero-order chi connectivity index (χ0) is 24.5. The van der Waals surface area contributed by atoms with Crippen LogP contribution in [-0.2, 0) is 16.0 Å². The molecule has 4 aromatic rings. The quantitative estimate of drug-likeness (QED) is 0.440. The third-order valence-corrected chi connectivity index (χ3v) is 6.28. The summed E-state index contributed by atoms with van der Waals surface area (Å²) in [4.78, 5) is 31.5. The van der Waals surface area contributed by atoms with Gasteiger partial charge in [0.1, 0.15) is 5.75 Å². The van der Waals surface area contributed by atoms with Crippen LogP contribution in [0.2, 0.25) is 0 Å². The summed E-state index contributed by atoms with van der Waals surface area (Å²) in [5.41, 5.74) is 4.98. The Kier molecular flexibility index (Phi) is 5.86. The molecule has 2 aromatic heterocycles. The lowest BCUT2D eigenvalue weighted by Gasteiger charge is -2.17. The van der Waals surface area contributed by atoms with Crippen molar-refractivity contribution >= 4 is 28.4 Å². The Morgan fingerprint density at radius 3 is 2.63 bits per heavy atom. The minimum Gasteiger partial charge on any atom is -0.497 e. The van der Waals surface area contributed by atoms with Gasteiger partial charge in [-0.15, -0.1) is 0 Å². The summed E-state index contributed by atoms with van der Waals surface area (Å²) in [5.74, 6) is 0.0518. The highest BCUT2D eigenvalue weighted by Crippen LogP contribution is 2.32. The predicted octanol–water partition coefficient (Wildman–Crippen LogP) is 4.27. The molecule has 0 aliphatic carbocycles. The average Bonchev–Trinajstić information content (AvgIpc) is 3.38. The SMILES string of the molecule is CCOC(=O)C1=CN(C(=O)c2cnn(-c3ccc(OC)cc3)c2C)CCc2c1[nH]c1ccccc21. The van der Waals surface area contributed by atoms with E-state index in [-0.39, 0.29) is 12.5 Å². The van der Waals surface area contributed by atoms with E-state index in [2.05, 4.69) is 10.1 Å². The number of aromatic amines is 1. The van der Waals surface area contributed by atoms with E-state index in [1.54, 1.807) is 36.0 Å². The van der Waals surface area contributed by atoms with Crippen molar-refractivity contribution in [1.82, 2.24) is 19.7 Å². The maximum Gasteiger partial charge on any atom is 0.341 e. The first kappa shape index (κ1) is 22.5. The van der Waals surface area contributed by atoms with Gasteiger partial charge in [-0.25, -0.2) is 9.48 Å². The number of amides is 1. The van der Waals surface area contributed by atoms with Gasteiger partial charge in [-0.05, 0) is 56.2 Å². The number of hydrogen-bond donors (Lipinski definition) is 1. The van der Waals surface area contributed by atoms with Crippen LogP contribution in [0.5, 0.6) is 5.75 Å². The van der Waals surface area contributed by atoms with Gasteiger partial charge in [0.15, 0.2) is 0 Å². The van der Waals surface area contributed by atoms with E-state index in [9.17, 15) is 9.59 Å². The van der Waals surface area contributed by atoms with Gasteiger partial charge in [-0.1, -0.05) is 18.2 Å². The Labute approximate surface area is 202 Å². The summed E-state index contributed by atoms with van der Waals surface area (Å²) in [6.07, 6.45) is 3.77. The summed E-state index contributed by atoms with van der Waals surface area (Å²) in [6.45, 7) is 4.28. The minimum atomic E-state index is -0.467. The number of benzene rings is 2. The maximum absolute atomic E-state index is 13.6. The molecule has 3 heterocycles. The van der Waals surface area contributed by atoms with Crippen LogP contribution >= 0.6 is 0 Å².